The van der Waals surface area contributed by atoms with Crippen LogP contribution in [-0.2, 0) is 0 Å². The predicted molar refractivity (Wildman–Crippen MR) is 54.5 cm³/mol. The van der Waals surface area contributed by atoms with Crippen molar-refractivity contribution in [1.29, 1.82) is 0 Å². The largest absolute Gasteiger partial charge is 0.391 e. The number of carbonyl (C=O) groups excluding carboxylic acids is 1. The molecule has 3 heteroatoms. The number of carbonyl (C=O) groups is 1. The zero-order chi connectivity index (χ0) is 9.97. The highest BCUT2D eigenvalue weighted by atomic mass is 16.3. The Labute approximate surface area is 82.8 Å². The van der Waals surface area contributed by atoms with E-state index in [2.05, 4.69) is 5.32 Å². The molecular formula is C11H13NO2. The van der Waals surface area contributed by atoms with Crippen molar-refractivity contribution in [3.63, 3.8) is 0 Å². The average molecular weight is 191 g/mol. The number of anilines is 1. The molecule has 74 valence electrons. The fourth-order valence-electron chi connectivity index (χ4n) is 1.64. The van der Waals surface area contributed by atoms with Crippen LogP contribution in [0.2, 0.25) is 0 Å². The SMILES string of the molecule is O=C1CCC(O)CNc2ccccc21. The van der Waals surface area contributed by atoms with E-state index < -0.39 is 6.10 Å². The Morgan fingerprint density at radius 2 is 2.14 bits per heavy atom. The highest BCUT2D eigenvalue weighted by molar-refractivity contribution is 6.01. The molecule has 0 radical (unpaired) electrons. The van der Waals surface area contributed by atoms with Crippen LogP contribution in [0.1, 0.15) is 23.2 Å². The number of nitrogens with one attached hydrogen (secondary N) is 1. The quantitative estimate of drug-likeness (QED) is 0.652. The molecule has 0 amide bonds. The summed E-state index contributed by atoms with van der Waals surface area (Å²) in [6.45, 7) is 0.518. The van der Waals surface area contributed by atoms with E-state index in [0.29, 0.717) is 19.4 Å². The fourth-order valence-corrected chi connectivity index (χ4v) is 1.64. The molecule has 1 aliphatic heterocycles. The van der Waals surface area contributed by atoms with Gasteiger partial charge in [0.25, 0.3) is 0 Å². The van der Waals surface area contributed by atoms with Crippen LogP contribution >= 0.6 is 0 Å². The Morgan fingerprint density at radius 1 is 1.36 bits per heavy atom. The molecular weight excluding hydrogens is 178 g/mol. The topological polar surface area (TPSA) is 49.3 Å². The number of aliphatic hydroxyl groups excluding tert-OH is 1. The van der Waals surface area contributed by atoms with Crippen LogP contribution in [-0.4, -0.2) is 23.5 Å². The Balaban J connectivity index is 2.33. The van der Waals surface area contributed by atoms with Gasteiger partial charge in [0.15, 0.2) is 5.78 Å². The van der Waals surface area contributed by atoms with Gasteiger partial charge in [-0.05, 0) is 18.6 Å². The van der Waals surface area contributed by atoms with Gasteiger partial charge in [0, 0.05) is 24.2 Å². The van der Waals surface area contributed by atoms with Gasteiger partial charge in [-0.2, -0.15) is 0 Å². The van der Waals surface area contributed by atoms with E-state index in [-0.39, 0.29) is 5.78 Å². The van der Waals surface area contributed by atoms with E-state index in [1.54, 1.807) is 0 Å². The highest BCUT2D eigenvalue weighted by Crippen LogP contribution is 2.20. The number of para-hydroxylation sites is 1. The van der Waals surface area contributed by atoms with Crippen molar-refractivity contribution in [2.75, 3.05) is 11.9 Å². The second-order valence-corrected chi connectivity index (χ2v) is 3.54. The second kappa shape index (κ2) is 3.80. The first-order valence-corrected chi connectivity index (χ1v) is 4.81. The maximum absolute atomic E-state index is 11.7. The second-order valence-electron chi connectivity index (χ2n) is 3.54. The summed E-state index contributed by atoms with van der Waals surface area (Å²) >= 11 is 0. The summed E-state index contributed by atoms with van der Waals surface area (Å²) in [4.78, 5) is 11.7. The minimum Gasteiger partial charge on any atom is -0.391 e. The third-order valence-corrected chi connectivity index (χ3v) is 2.46. The number of aliphatic hydroxyl groups is 1. The molecule has 0 bridgehead atoms. The molecule has 2 N–H and O–H groups in total. The first-order valence-electron chi connectivity index (χ1n) is 4.81. The molecule has 2 rings (SSSR count). The van der Waals surface area contributed by atoms with Crippen molar-refractivity contribution < 1.29 is 9.90 Å². The van der Waals surface area contributed by atoms with Gasteiger partial charge >= 0.3 is 0 Å². The molecule has 1 aromatic carbocycles. The van der Waals surface area contributed by atoms with Crippen LogP contribution in [0, 0.1) is 0 Å². The molecule has 0 fully saturated rings. The Bertz CT molecular complexity index is 349. The third kappa shape index (κ3) is 1.77. The Kier molecular flexibility index (Phi) is 2.50. The molecule has 1 aromatic rings. The maximum Gasteiger partial charge on any atom is 0.165 e. The monoisotopic (exact) mass is 191 g/mol. The molecule has 0 aromatic heterocycles. The van der Waals surface area contributed by atoms with E-state index in [9.17, 15) is 9.90 Å². The summed E-state index contributed by atoms with van der Waals surface area (Å²) in [5.74, 6) is 0.104. The zero-order valence-corrected chi connectivity index (χ0v) is 7.86. The van der Waals surface area contributed by atoms with Crippen molar-refractivity contribution >= 4 is 11.5 Å². The normalized spacial score (nSPS) is 21.8. The van der Waals surface area contributed by atoms with Crippen LogP contribution < -0.4 is 5.32 Å². The van der Waals surface area contributed by atoms with E-state index in [1.807, 2.05) is 24.3 Å². The first-order chi connectivity index (χ1) is 6.77. The maximum atomic E-state index is 11.7. The number of rotatable bonds is 0. The zero-order valence-electron chi connectivity index (χ0n) is 7.86. The van der Waals surface area contributed by atoms with Gasteiger partial charge < -0.3 is 10.4 Å². The summed E-state index contributed by atoms with van der Waals surface area (Å²) in [5, 5.41) is 12.5. The molecule has 0 spiro atoms. The molecule has 0 saturated carbocycles. The molecule has 1 atom stereocenters. The first kappa shape index (κ1) is 9.21. The molecule has 0 aliphatic carbocycles. The van der Waals surface area contributed by atoms with Crippen molar-refractivity contribution in [3.05, 3.63) is 29.8 Å². The number of Topliss-reactive ketones (excluding diaryl/α,β-unsaturated/α-hetero) is 1. The average Bonchev–Trinajstić information content (AvgIpc) is 2.21. The number of hydrogen-bond donors (Lipinski definition) is 2. The van der Waals surface area contributed by atoms with Crippen molar-refractivity contribution in [3.8, 4) is 0 Å². The van der Waals surface area contributed by atoms with E-state index in [0.717, 1.165) is 11.3 Å². The number of ketones is 1. The van der Waals surface area contributed by atoms with Gasteiger partial charge in [0.2, 0.25) is 0 Å². The number of fused-ring (bicyclic) bond motifs is 1. The molecule has 14 heavy (non-hydrogen) atoms. The van der Waals surface area contributed by atoms with Crippen molar-refractivity contribution in [2.45, 2.75) is 18.9 Å². The van der Waals surface area contributed by atoms with Crippen molar-refractivity contribution in [1.82, 2.24) is 0 Å². The molecule has 1 unspecified atom stereocenters. The lowest BCUT2D eigenvalue weighted by atomic mass is 10.0. The smallest absolute Gasteiger partial charge is 0.165 e. The minimum absolute atomic E-state index is 0.104. The van der Waals surface area contributed by atoms with Gasteiger partial charge in [-0.15, -0.1) is 0 Å². The molecule has 1 aliphatic rings. The van der Waals surface area contributed by atoms with Crippen LogP contribution in [0.15, 0.2) is 24.3 Å². The lowest BCUT2D eigenvalue weighted by molar-refractivity contribution is 0.0943. The fraction of sp³-hybridized carbons (Fsp3) is 0.364. The van der Waals surface area contributed by atoms with Crippen LogP contribution in [0.3, 0.4) is 0 Å². The van der Waals surface area contributed by atoms with Gasteiger partial charge in [0.05, 0.1) is 6.10 Å². The minimum atomic E-state index is -0.424. The van der Waals surface area contributed by atoms with E-state index in [1.165, 1.54) is 0 Å². The lowest BCUT2D eigenvalue weighted by Gasteiger charge is -2.18. The molecule has 3 nitrogen and oxygen atoms in total. The van der Waals surface area contributed by atoms with Gasteiger partial charge in [-0.25, -0.2) is 0 Å². The summed E-state index contributed by atoms with van der Waals surface area (Å²) in [5.41, 5.74) is 1.57. The predicted octanol–water partition coefficient (Wildman–Crippen LogP) is 1.44. The van der Waals surface area contributed by atoms with Gasteiger partial charge in [-0.3, -0.25) is 4.79 Å². The number of benzene rings is 1. The summed E-state index contributed by atoms with van der Waals surface area (Å²) in [6, 6.07) is 7.43. The number of hydrogen-bond acceptors (Lipinski definition) is 3. The van der Waals surface area contributed by atoms with Gasteiger partial charge in [0.1, 0.15) is 0 Å². The standard InChI is InChI=1S/C11H13NO2/c13-8-5-6-11(14)9-3-1-2-4-10(9)12-7-8/h1-4,8,12-13H,5-7H2. The Hall–Kier alpha value is -1.35. The van der Waals surface area contributed by atoms with Crippen LogP contribution in [0.4, 0.5) is 5.69 Å². The third-order valence-electron chi connectivity index (χ3n) is 2.46. The molecule has 1 heterocycles. The molecule has 0 saturated heterocycles. The van der Waals surface area contributed by atoms with E-state index in [4.69, 9.17) is 0 Å². The Morgan fingerprint density at radius 3 is 3.00 bits per heavy atom. The van der Waals surface area contributed by atoms with Gasteiger partial charge in [-0.1, -0.05) is 12.1 Å². The summed E-state index contributed by atoms with van der Waals surface area (Å²) < 4.78 is 0. The van der Waals surface area contributed by atoms with Crippen LogP contribution in [0.25, 0.3) is 0 Å². The lowest BCUT2D eigenvalue weighted by Crippen LogP contribution is -2.24. The van der Waals surface area contributed by atoms with Crippen LogP contribution in [0.5, 0.6) is 0 Å². The number of β-amino-alcohol motifs (C(OH)–C–C–N with tert-alkyl or cyclic N) is 1. The van der Waals surface area contributed by atoms with Crippen molar-refractivity contribution in [2.24, 2.45) is 0 Å². The van der Waals surface area contributed by atoms with E-state index >= 15 is 0 Å². The highest BCUT2D eigenvalue weighted by Gasteiger charge is 2.16. The summed E-state index contributed by atoms with van der Waals surface area (Å²) in [6.07, 6.45) is 0.548. The summed E-state index contributed by atoms with van der Waals surface area (Å²) in [7, 11) is 0.